The first-order chi connectivity index (χ1) is 14.5. The molecule has 0 saturated carbocycles. The van der Waals surface area contributed by atoms with Gasteiger partial charge in [0, 0.05) is 18.5 Å². The fourth-order valence-electron chi connectivity index (χ4n) is 4.18. The van der Waals surface area contributed by atoms with Gasteiger partial charge in [0.25, 0.3) is 10.1 Å². The molecule has 1 aliphatic heterocycles. The number of hydrogen-bond donors (Lipinski definition) is 0. The van der Waals surface area contributed by atoms with Crippen molar-refractivity contribution < 1.29 is 12.6 Å². The Hall–Kier alpha value is -2.47. The van der Waals surface area contributed by atoms with Crippen LogP contribution in [-0.4, -0.2) is 26.5 Å². The van der Waals surface area contributed by atoms with Crippen LogP contribution in [0.3, 0.4) is 0 Å². The molecular weight excluding hydrogens is 394 g/mol. The van der Waals surface area contributed by atoms with Crippen LogP contribution in [0.2, 0.25) is 0 Å². The number of likely N-dealkylation sites (tertiary alicyclic amines) is 1. The Morgan fingerprint density at radius 2 is 1.53 bits per heavy atom. The molecule has 0 N–H and O–H groups in total. The van der Waals surface area contributed by atoms with Crippen LogP contribution >= 0.6 is 0 Å². The Morgan fingerprint density at radius 1 is 0.900 bits per heavy atom. The third-order valence-electron chi connectivity index (χ3n) is 5.74. The number of benzene rings is 3. The molecule has 2 atom stereocenters. The molecule has 4 nitrogen and oxygen atoms in total. The van der Waals surface area contributed by atoms with Gasteiger partial charge in [-0.05, 0) is 43.1 Å². The number of nitrogens with zero attached hydrogens (tertiary/aromatic N) is 1. The van der Waals surface area contributed by atoms with Gasteiger partial charge in [0.1, 0.15) is 0 Å². The van der Waals surface area contributed by atoms with E-state index in [1.165, 1.54) is 11.1 Å². The minimum Gasteiger partial charge on any atom is -0.292 e. The molecule has 1 aliphatic rings. The van der Waals surface area contributed by atoms with E-state index in [9.17, 15) is 8.42 Å². The van der Waals surface area contributed by atoms with Crippen molar-refractivity contribution in [2.75, 3.05) is 13.2 Å². The van der Waals surface area contributed by atoms with E-state index in [1.807, 2.05) is 31.2 Å². The summed E-state index contributed by atoms with van der Waals surface area (Å²) in [6.45, 7) is 3.86. The molecular formula is C25H27NO3S. The normalized spacial score (nSPS) is 19.8. The van der Waals surface area contributed by atoms with Crippen LogP contribution in [-0.2, 0) is 20.8 Å². The molecule has 0 amide bonds. The minimum absolute atomic E-state index is 0.108. The molecule has 4 rings (SSSR count). The molecule has 3 aromatic carbocycles. The zero-order valence-corrected chi connectivity index (χ0v) is 18.0. The van der Waals surface area contributed by atoms with Crippen molar-refractivity contribution in [3.8, 4) is 0 Å². The molecule has 0 bridgehead atoms. The molecule has 1 heterocycles. The molecule has 0 aliphatic carbocycles. The van der Waals surface area contributed by atoms with E-state index < -0.39 is 10.1 Å². The van der Waals surface area contributed by atoms with Gasteiger partial charge in [-0.25, -0.2) is 0 Å². The highest BCUT2D eigenvalue weighted by atomic mass is 32.2. The third-order valence-corrected chi connectivity index (χ3v) is 7.04. The fourth-order valence-corrected chi connectivity index (χ4v) is 5.14. The molecule has 0 radical (unpaired) electrons. The van der Waals surface area contributed by atoms with Crippen LogP contribution in [0.5, 0.6) is 0 Å². The molecule has 156 valence electrons. The second-order valence-electron chi connectivity index (χ2n) is 7.91. The summed E-state index contributed by atoms with van der Waals surface area (Å²) >= 11 is 0. The Morgan fingerprint density at radius 3 is 2.20 bits per heavy atom. The summed E-state index contributed by atoms with van der Waals surface area (Å²) in [7, 11) is -3.77. The van der Waals surface area contributed by atoms with Crippen molar-refractivity contribution >= 4 is 10.1 Å². The molecule has 0 aromatic heterocycles. The van der Waals surface area contributed by atoms with Crippen LogP contribution in [0.25, 0.3) is 0 Å². The predicted octanol–water partition coefficient (Wildman–Crippen LogP) is 4.96. The van der Waals surface area contributed by atoms with Gasteiger partial charge in [-0.2, -0.15) is 8.42 Å². The highest BCUT2D eigenvalue weighted by Gasteiger charge is 2.36. The van der Waals surface area contributed by atoms with Crippen molar-refractivity contribution in [2.45, 2.75) is 30.8 Å². The van der Waals surface area contributed by atoms with Gasteiger partial charge in [-0.3, -0.25) is 9.08 Å². The topological polar surface area (TPSA) is 46.6 Å². The van der Waals surface area contributed by atoms with Crippen molar-refractivity contribution in [2.24, 2.45) is 5.92 Å². The van der Waals surface area contributed by atoms with Crippen molar-refractivity contribution in [1.82, 2.24) is 4.90 Å². The highest BCUT2D eigenvalue weighted by molar-refractivity contribution is 7.86. The van der Waals surface area contributed by atoms with Gasteiger partial charge >= 0.3 is 0 Å². The molecule has 5 heteroatoms. The Balaban J connectivity index is 1.52. The van der Waals surface area contributed by atoms with E-state index in [2.05, 4.69) is 41.3 Å². The summed E-state index contributed by atoms with van der Waals surface area (Å²) in [5.41, 5.74) is 3.48. The largest absolute Gasteiger partial charge is 0.296 e. The maximum atomic E-state index is 12.7. The fraction of sp³-hybridized carbons (Fsp3) is 0.280. The SMILES string of the molecule is Cc1ccc(S(=O)(=O)OC[C@@H]2CCN(Cc3ccccc3)[C@H]2c2ccccc2)cc1. The molecule has 0 unspecified atom stereocenters. The minimum atomic E-state index is -3.77. The predicted molar refractivity (Wildman–Crippen MR) is 118 cm³/mol. The number of rotatable bonds is 7. The molecule has 1 fully saturated rings. The molecule has 30 heavy (non-hydrogen) atoms. The lowest BCUT2D eigenvalue weighted by atomic mass is 9.94. The molecule has 0 spiro atoms. The Labute approximate surface area is 179 Å². The van der Waals surface area contributed by atoms with E-state index >= 15 is 0 Å². The average molecular weight is 422 g/mol. The van der Waals surface area contributed by atoms with Crippen LogP contribution < -0.4 is 0 Å². The average Bonchev–Trinajstić information content (AvgIpc) is 3.16. The lowest BCUT2D eigenvalue weighted by Gasteiger charge is -2.28. The number of aryl methyl sites for hydroxylation is 1. The van der Waals surface area contributed by atoms with E-state index in [-0.39, 0.29) is 23.5 Å². The van der Waals surface area contributed by atoms with Gasteiger partial charge in [-0.1, -0.05) is 78.4 Å². The van der Waals surface area contributed by atoms with Gasteiger partial charge in [0.2, 0.25) is 0 Å². The smallest absolute Gasteiger partial charge is 0.292 e. The summed E-state index contributed by atoms with van der Waals surface area (Å²) in [4.78, 5) is 2.64. The monoisotopic (exact) mass is 421 g/mol. The van der Waals surface area contributed by atoms with Gasteiger partial charge < -0.3 is 0 Å². The second kappa shape index (κ2) is 9.13. The zero-order valence-electron chi connectivity index (χ0n) is 17.1. The van der Waals surface area contributed by atoms with Crippen molar-refractivity contribution in [1.29, 1.82) is 0 Å². The van der Waals surface area contributed by atoms with Crippen LogP contribution in [0.4, 0.5) is 0 Å². The van der Waals surface area contributed by atoms with Crippen molar-refractivity contribution in [3.05, 3.63) is 102 Å². The van der Waals surface area contributed by atoms with Crippen molar-refractivity contribution in [3.63, 3.8) is 0 Å². The first-order valence-electron chi connectivity index (χ1n) is 10.3. The van der Waals surface area contributed by atoms with Gasteiger partial charge in [0.05, 0.1) is 11.5 Å². The zero-order chi connectivity index (χ0) is 21.0. The Kier molecular flexibility index (Phi) is 6.32. The summed E-state index contributed by atoms with van der Waals surface area (Å²) < 4.78 is 30.9. The van der Waals surface area contributed by atoms with Gasteiger partial charge in [0.15, 0.2) is 0 Å². The molecule has 1 saturated heterocycles. The standard InChI is InChI=1S/C25H27NO3S/c1-20-12-14-24(15-13-20)30(27,28)29-19-23-16-17-26(18-21-8-4-2-5-9-21)25(23)22-10-6-3-7-11-22/h2-15,23,25H,16-19H2,1H3/t23-,25-/m0/s1. The first kappa shape index (κ1) is 20.8. The quantitative estimate of drug-likeness (QED) is 0.506. The van der Waals surface area contributed by atoms with E-state index in [1.54, 1.807) is 24.3 Å². The first-order valence-corrected chi connectivity index (χ1v) is 11.7. The third kappa shape index (κ3) is 4.81. The second-order valence-corrected chi connectivity index (χ2v) is 9.53. The number of hydrogen-bond acceptors (Lipinski definition) is 4. The summed E-state index contributed by atoms with van der Waals surface area (Å²) in [6.07, 6.45) is 0.899. The lowest BCUT2D eigenvalue weighted by molar-refractivity contribution is 0.177. The van der Waals surface area contributed by atoms with E-state index in [0.29, 0.717) is 0 Å². The van der Waals surface area contributed by atoms with Gasteiger partial charge in [-0.15, -0.1) is 0 Å². The van der Waals surface area contributed by atoms with E-state index in [0.717, 1.165) is 25.1 Å². The van der Waals surface area contributed by atoms with Crippen LogP contribution in [0, 0.1) is 12.8 Å². The summed E-state index contributed by atoms with van der Waals surface area (Å²) in [5.74, 6) is 0.108. The lowest BCUT2D eigenvalue weighted by Crippen LogP contribution is -2.27. The van der Waals surface area contributed by atoms with Crippen LogP contribution in [0.15, 0.2) is 89.8 Å². The Bertz CT molecular complexity index is 1050. The van der Waals surface area contributed by atoms with E-state index in [4.69, 9.17) is 4.18 Å². The highest BCUT2D eigenvalue weighted by Crippen LogP contribution is 2.38. The maximum absolute atomic E-state index is 12.7. The summed E-state index contributed by atoms with van der Waals surface area (Å²) in [5, 5.41) is 0. The summed E-state index contributed by atoms with van der Waals surface area (Å²) in [6, 6.07) is 27.6. The maximum Gasteiger partial charge on any atom is 0.296 e. The van der Waals surface area contributed by atoms with Crippen LogP contribution in [0.1, 0.15) is 29.2 Å². The molecule has 3 aromatic rings.